The molecule has 2 aromatic rings. The van der Waals surface area contributed by atoms with Gasteiger partial charge in [-0.25, -0.2) is 13.1 Å². The van der Waals surface area contributed by atoms with Crippen LogP contribution in [0.1, 0.15) is 37.4 Å². The van der Waals surface area contributed by atoms with Gasteiger partial charge in [0.15, 0.2) is 0 Å². The zero-order valence-corrected chi connectivity index (χ0v) is 16.2. The second-order valence-electron chi connectivity index (χ2n) is 6.55. The fraction of sp³-hybridized carbons (Fsp3) is 0.350. The van der Waals surface area contributed by atoms with E-state index in [2.05, 4.69) is 23.9 Å². The summed E-state index contributed by atoms with van der Waals surface area (Å²) in [7, 11) is -2.05. The highest BCUT2D eigenvalue weighted by molar-refractivity contribution is 7.89. The first-order valence-electron chi connectivity index (χ1n) is 8.70. The molecule has 0 bridgehead atoms. The summed E-state index contributed by atoms with van der Waals surface area (Å²) in [6, 6.07) is 16.5. The van der Waals surface area contributed by atoms with Crippen molar-refractivity contribution in [1.29, 1.82) is 0 Å². The molecule has 1 atom stereocenters. The van der Waals surface area contributed by atoms with Gasteiger partial charge in [0, 0.05) is 6.42 Å². The van der Waals surface area contributed by atoms with Crippen molar-refractivity contribution in [1.82, 2.24) is 10.0 Å². The van der Waals surface area contributed by atoms with Gasteiger partial charge in [-0.05, 0) is 42.6 Å². The van der Waals surface area contributed by atoms with E-state index in [1.807, 2.05) is 30.3 Å². The first-order chi connectivity index (χ1) is 12.3. The molecule has 0 spiro atoms. The van der Waals surface area contributed by atoms with Gasteiger partial charge in [0.25, 0.3) is 0 Å². The molecule has 0 aliphatic carbocycles. The molecule has 1 unspecified atom stereocenters. The summed E-state index contributed by atoms with van der Waals surface area (Å²) >= 11 is 0. The average Bonchev–Trinajstić information content (AvgIpc) is 2.65. The van der Waals surface area contributed by atoms with E-state index >= 15 is 0 Å². The van der Waals surface area contributed by atoms with E-state index in [-0.39, 0.29) is 22.8 Å². The molecule has 0 aliphatic heterocycles. The maximum atomic E-state index is 12.4. The third kappa shape index (κ3) is 5.41. The Labute approximate surface area is 155 Å². The molecule has 26 heavy (non-hydrogen) atoms. The lowest BCUT2D eigenvalue weighted by atomic mass is 9.96. The third-order valence-corrected chi connectivity index (χ3v) is 5.72. The summed E-state index contributed by atoms with van der Waals surface area (Å²) in [5.41, 5.74) is 2.02. The summed E-state index contributed by atoms with van der Waals surface area (Å²) in [4.78, 5) is 12.6. The SMILES string of the molecule is CNS(=O)(=O)c1ccc(CCC(=O)NC(c2ccccc2)C(C)C)cc1. The Hall–Kier alpha value is -2.18. The normalized spacial score (nSPS) is 12.8. The van der Waals surface area contributed by atoms with Crippen molar-refractivity contribution in [3.05, 3.63) is 65.7 Å². The van der Waals surface area contributed by atoms with Gasteiger partial charge in [-0.1, -0.05) is 56.3 Å². The van der Waals surface area contributed by atoms with Crippen LogP contribution < -0.4 is 10.0 Å². The number of amides is 1. The summed E-state index contributed by atoms with van der Waals surface area (Å²) in [5, 5.41) is 3.10. The van der Waals surface area contributed by atoms with Crippen LogP contribution in [-0.2, 0) is 21.2 Å². The number of benzene rings is 2. The Morgan fingerprint density at radius 2 is 1.62 bits per heavy atom. The maximum absolute atomic E-state index is 12.4. The van der Waals surface area contributed by atoms with Crippen LogP contribution in [0.2, 0.25) is 0 Å². The summed E-state index contributed by atoms with van der Waals surface area (Å²) in [6.07, 6.45) is 0.916. The molecule has 5 nitrogen and oxygen atoms in total. The van der Waals surface area contributed by atoms with Gasteiger partial charge >= 0.3 is 0 Å². The van der Waals surface area contributed by atoms with Gasteiger partial charge in [0.1, 0.15) is 0 Å². The topological polar surface area (TPSA) is 75.3 Å². The van der Waals surface area contributed by atoms with E-state index in [1.54, 1.807) is 24.3 Å². The molecular weight excluding hydrogens is 348 g/mol. The zero-order chi connectivity index (χ0) is 19.2. The second kappa shape index (κ2) is 8.96. The molecule has 0 heterocycles. The second-order valence-corrected chi connectivity index (χ2v) is 8.44. The Morgan fingerprint density at radius 3 is 2.15 bits per heavy atom. The number of hydrogen-bond acceptors (Lipinski definition) is 3. The smallest absolute Gasteiger partial charge is 0.240 e. The van der Waals surface area contributed by atoms with Crippen LogP contribution in [0.25, 0.3) is 0 Å². The van der Waals surface area contributed by atoms with Gasteiger partial charge in [-0.2, -0.15) is 0 Å². The summed E-state index contributed by atoms with van der Waals surface area (Å²) in [5.74, 6) is 0.270. The van der Waals surface area contributed by atoms with Crippen molar-refractivity contribution in [3.63, 3.8) is 0 Å². The maximum Gasteiger partial charge on any atom is 0.240 e. The van der Waals surface area contributed by atoms with E-state index in [9.17, 15) is 13.2 Å². The molecule has 0 radical (unpaired) electrons. The van der Waals surface area contributed by atoms with E-state index in [0.717, 1.165) is 11.1 Å². The third-order valence-electron chi connectivity index (χ3n) is 4.28. The Bertz CT molecular complexity index is 816. The van der Waals surface area contributed by atoms with Crippen LogP contribution in [0, 0.1) is 5.92 Å². The zero-order valence-electron chi connectivity index (χ0n) is 15.4. The van der Waals surface area contributed by atoms with E-state index in [0.29, 0.717) is 12.8 Å². The van der Waals surface area contributed by atoms with Crippen LogP contribution in [0.4, 0.5) is 0 Å². The van der Waals surface area contributed by atoms with Crippen LogP contribution in [0.3, 0.4) is 0 Å². The molecule has 0 fully saturated rings. The molecule has 1 amide bonds. The number of sulfonamides is 1. The van der Waals surface area contributed by atoms with Gasteiger partial charge in [0.2, 0.25) is 15.9 Å². The predicted octanol–water partition coefficient (Wildman–Crippen LogP) is 3.04. The highest BCUT2D eigenvalue weighted by Crippen LogP contribution is 2.21. The number of aryl methyl sites for hydroxylation is 1. The summed E-state index contributed by atoms with van der Waals surface area (Å²) < 4.78 is 25.7. The average molecular weight is 375 g/mol. The van der Waals surface area contributed by atoms with Crippen molar-refractivity contribution in [2.45, 2.75) is 37.6 Å². The Morgan fingerprint density at radius 1 is 1.00 bits per heavy atom. The summed E-state index contributed by atoms with van der Waals surface area (Å²) in [6.45, 7) is 4.16. The molecule has 0 aliphatic rings. The highest BCUT2D eigenvalue weighted by atomic mass is 32.2. The standard InChI is InChI=1S/C20H26N2O3S/c1-15(2)20(17-7-5-4-6-8-17)22-19(23)14-11-16-9-12-18(13-10-16)26(24,25)21-3/h4-10,12-13,15,20-21H,11,14H2,1-3H3,(H,22,23). The Kier molecular flexibility index (Phi) is 6.94. The lowest BCUT2D eigenvalue weighted by Crippen LogP contribution is -2.31. The van der Waals surface area contributed by atoms with Crippen molar-refractivity contribution >= 4 is 15.9 Å². The number of carbonyl (C=O) groups excluding carboxylic acids is 1. The molecule has 0 saturated carbocycles. The quantitative estimate of drug-likeness (QED) is 0.746. The molecule has 6 heteroatoms. The lowest BCUT2D eigenvalue weighted by Gasteiger charge is -2.23. The van der Waals surface area contributed by atoms with Gasteiger partial charge in [0.05, 0.1) is 10.9 Å². The van der Waals surface area contributed by atoms with E-state index in [1.165, 1.54) is 7.05 Å². The monoisotopic (exact) mass is 374 g/mol. The van der Waals surface area contributed by atoms with Crippen molar-refractivity contribution in [2.75, 3.05) is 7.05 Å². The number of nitrogens with one attached hydrogen (secondary N) is 2. The number of carbonyl (C=O) groups is 1. The number of rotatable bonds is 8. The molecule has 140 valence electrons. The molecular formula is C20H26N2O3S. The van der Waals surface area contributed by atoms with Gasteiger partial charge in [-0.3, -0.25) is 4.79 Å². The van der Waals surface area contributed by atoms with Gasteiger partial charge in [-0.15, -0.1) is 0 Å². The minimum Gasteiger partial charge on any atom is -0.349 e. The first-order valence-corrected chi connectivity index (χ1v) is 10.2. The number of hydrogen-bond donors (Lipinski definition) is 2. The largest absolute Gasteiger partial charge is 0.349 e. The van der Waals surface area contributed by atoms with Crippen LogP contribution in [0.15, 0.2) is 59.5 Å². The molecule has 0 aromatic heterocycles. The van der Waals surface area contributed by atoms with Crippen LogP contribution in [-0.4, -0.2) is 21.4 Å². The molecule has 2 rings (SSSR count). The van der Waals surface area contributed by atoms with Gasteiger partial charge < -0.3 is 5.32 Å². The lowest BCUT2D eigenvalue weighted by molar-refractivity contribution is -0.122. The molecule has 2 aromatic carbocycles. The molecule has 0 saturated heterocycles. The Balaban J connectivity index is 1.95. The van der Waals surface area contributed by atoms with Crippen molar-refractivity contribution in [2.24, 2.45) is 5.92 Å². The highest BCUT2D eigenvalue weighted by Gasteiger charge is 2.18. The fourth-order valence-electron chi connectivity index (χ4n) is 2.75. The van der Waals surface area contributed by atoms with Crippen LogP contribution in [0.5, 0.6) is 0 Å². The minimum atomic E-state index is -3.43. The predicted molar refractivity (Wildman–Crippen MR) is 103 cm³/mol. The minimum absolute atomic E-state index is 0.0144. The van der Waals surface area contributed by atoms with Crippen molar-refractivity contribution in [3.8, 4) is 0 Å². The fourth-order valence-corrected chi connectivity index (χ4v) is 3.48. The van der Waals surface area contributed by atoms with Crippen LogP contribution >= 0.6 is 0 Å². The van der Waals surface area contributed by atoms with E-state index in [4.69, 9.17) is 0 Å². The molecule has 2 N–H and O–H groups in total. The van der Waals surface area contributed by atoms with Crippen molar-refractivity contribution < 1.29 is 13.2 Å². The first kappa shape index (κ1) is 20.1. The van der Waals surface area contributed by atoms with E-state index < -0.39 is 10.0 Å².